The second-order valence-corrected chi connectivity index (χ2v) is 14.1. The Morgan fingerprint density at radius 3 is 1.89 bits per heavy atom. The number of rotatable bonds is 15. The fraction of sp³-hybridized carbons (Fsp3) is 0.375. The lowest BCUT2D eigenvalue weighted by molar-refractivity contribution is -0.151. The van der Waals surface area contributed by atoms with Crippen molar-refractivity contribution in [1.29, 1.82) is 0 Å². The maximum atomic E-state index is 14.6. The quantitative estimate of drug-likeness (QED) is 0.122. The molecule has 12 nitrogen and oxygen atoms in total. The summed E-state index contributed by atoms with van der Waals surface area (Å²) < 4.78 is 33.5. The zero-order chi connectivity index (χ0) is 32.7. The van der Waals surface area contributed by atoms with Gasteiger partial charge in [0.25, 0.3) is 0 Å². The molecule has 240 valence electrons. The molecule has 45 heavy (non-hydrogen) atoms. The molecular formula is C32H41N6O6P. The van der Waals surface area contributed by atoms with Gasteiger partial charge in [0.15, 0.2) is 5.65 Å². The van der Waals surface area contributed by atoms with E-state index in [4.69, 9.17) is 19.9 Å². The van der Waals surface area contributed by atoms with E-state index in [9.17, 15) is 14.2 Å². The van der Waals surface area contributed by atoms with Crippen molar-refractivity contribution in [3.63, 3.8) is 0 Å². The minimum atomic E-state index is -3.85. The summed E-state index contributed by atoms with van der Waals surface area (Å²) >= 11 is 0. The fourth-order valence-electron chi connectivity index (χ4n) is 4.57. The van der Waals surface area contributed by atoms with Crippen LogP contribution < -0.4 is 15.9 Å². The lowest BCUT2D eigenvalue weighted by Gasteiger charge is -2.35. The number of benzene rings is 2. The van der Waals surface area contributed by atoms with Crippen LogP contribution in [0.1, 0.15) is 45.7 Å². The molecule has 4 rings (SSSR count). The molecule has 13 heteroatoms. The van der Waals surface area contributed by atoms with Gasteiger partial charge in [-0.1, -0.05) is 60.7 Å². The average Bonchev–Trinajstić information content (AvgIpc) is 3.41. The van der Waals surface area contributed by atoms with Gasteiger partial charge in [-0.15, -0.1) is 0 Å². The van der Waals surface area contributed by atoms with E-state index in [0.29, 0.717) is 23.4 Å². The maximum absolute atomic E-state index is 14.6. The van der Waals surface area contributed by atoms with Crippen LogP contribution in [0.2, 0.25) is 0 Å². The first-order valence-corrected chi connectivity index (χ1v) is 16.4. The van der Waals surface area contributed by atoms with E-state index in [1.807, 2.05) is 60.7 Å². The largest absolute Gasteiger partial charge is 0.459 e. The van der Waals surface area contributed by atoms with Crippen molar-refractivity contribution in [2.24, 2.45) is 0 Å². The smallest absolute Gasteiger partial charge is 0.326 e. The minimum Gasteiger partial charge on any atom is -0.459 e. The normalized spacial score (nSPS) is 13.0. The van der Waals surface area contributed by atoms with Crippen LogP contribution in [0.15, 0.2) is 79.3 Å². The molecule has 4 aromatic rings. The topological polar surface area (TPSA) is 160 Å². The van der Waals surface area contributed by atoms with E-state index in [1.54, 1.807) is 57.8 Å². The number of hydrogen-bond acceptors (Lipinski definition) is 9. The number of pyridine rings is 1. The zero-order valence-electron chi connectivity index (χ0n) is 26.2. The minimum absolute atomic E-state index is 0.0464. The van der Waals surface area contributed by atoms with E-state index < -0.39 is 36.6 Å². The number of nitrogen functional groups attached to an aromatic ring is 1. The molecule has 0 amide bonds. The van der Waals surface area contributed by atoms with Crippen LogP contribution in [0.25, 0.3) is 11.2 Å². The Morgan fingerprint density at radius 2 is 1.38 bits per heavy atom. The van der Waals surface area contributed by atoms with Gasteiger partial charge < -0.3 is 24.5 Å². The second kappa shape index (κ2) is 14.3. The monoisotopic (exact) mass is 636 g/mol. The molecule has 0 fully saturated rings. The summed E-state index contributed by atoms with van der Waals surface area (Å²) in [5.41, 5.74) is 6.47. The maximum Gasteiger partial charge on any atom is 0.326 e. The third kappa shape index (κ3) is 9.21. The fourth-order valence-corrected chi connectivity index (χ4v) is 7.21. The summed E-state index contributed by atoms with van der Waals surface area (Å²) in [5.74, 6) is -1.25. The first kappa shape index (κ1) is 33.8. The lowest BCUT2D eigenvalue weighted by atomic mass is 10.1. The van der Waals surface area contributed by atoms with E-state index >= 15 is 0 Å². The summed E-state index contributed by atoms with van der Waals surface area (Å²) in [6.07, 6.45) is 2.38. The van der Waals surface area contributed by atoms with Crippen molar-refractivity contribution in [2.45, 2.75) is 71.6 Å². The number of anilines is 1. The SMILES string of the molecule is C[C@H](Cn1cnc2c(N)ccnc21)OCP(=O)(NC(C)(C)C(=O)OCc1ccccc1)NC(C)(C)C(=O)OCc1ccccc1. The highest BCUT2D eigenvalue weighted by Crippen LogP contribution is 2.42. The highest BCUT2D eigenvalue weighted by molar-refractivity contribution is 7.59. The number of fused-ring (bicyclic) bond motifs is 1. The van der Waals surface area contributed by atoms with E-state index in [0.717, 1.165) is 11.1 Å². The molecule has 0 aliphatic heterocycles. The van der Waals surface area contributed by atoms with Crippen LogP contribution in [-0.4, -0.2) is 50.0 Å². The van der Waals surface area contributed by atoms with Gasteiger partial charge in [-0.05, 0) is 51.8 Å². The van der Waals surface area contributed by atoms with Crippen LogP contribution in [0, 0.1) is 0 Å². The van der Waals surface area contributed by atoms with Crippen molar-refractivity contribution in [3.8, 4) is 0 Å². The van der Waals surface area contributed by atoms with Gasteiger partial charge in [-0.3, -0.25) is 14.2 Å². The molecular weight excluding hydrogens is 595 g/mol. The van der Waals surface area contributed by atoms with Crippen molar-refractivity contribution in [1.82, 2.24) is 24.7 Å². The number of aromatic nitrogens is 3. The van der Waals surface area contributed by atoms with Crippen LogP contribution in [0.4, 0.5) is 5.69 Å². The summed E-state index contributed by atoms with van der Waals surface area (Å²) in [6, 6.07) is 20.2. The predicted octanol–water partition coefficient (Wildman–Crippen LogP) is 4.79. The Kier molecular flexibility index (Phi) is 10.8. The number of imidazole rings is 1. The van der Waals surface area contributed by atoms with Gasteiger partial charge in [0.2, 0.25) is 7.44 Å². The predicted molar refractivity (Wildman–Crippen MR) is 172 cm³/mol. The molecule has 2 aromatic heterocycles. The van der Waals surface area contributed by atoms with E-state index in [-0.39, 0.29) is 19.6 Å². The molecule has 0 saturated heterocycles. The van der Waals surface area contributed by atoms with Gasteiger partial charge in [-0.2, -0.15) is 0 Å². The Morgan fingerprint density at radius 1 is 0.867 bits per heavy atom. The second-order valence-electron chi connectivity index (χ2n) is 11.9. The molecule has 0 spiro atoms. The molecule has 2 heterocycles. The van der Waals surface area contributed by atoms with Crippen molar-refractivity contribution >= 4 is 36.2 Å². The summed E-state index contributed by atoms with van der Waals surface area (Å²) in [7, 11) is -3.85. The van der Waals surface area contributed by atoms with E-state index in [1.165, 1.54) is 0 Å². The Balaban J connectivity index is 1.48. The van der Waals surface area contributed by atoms with E-state index in [2.05, 4.69) is 20.1 Å². The summed E-state index contributed by atoms with van der Waals surface area (Å²) in [6.45, 7) is 8.48. The summed E-state index contributed by atoms with van der Waals surface area (Å²) in [4.78, 5) is 35.1. The molecule has 0 aliphatic carbocycles. The number of nitrogens with one attached hydrogen (secondary N) is 2. The molecule has 0 bridgehead atoms. The van der Waals surface area contributed by atoms with Crippen molar-refractivity contribution in [3.05, 3.63) is 90.4 Å². The number of ether oxygens (including phenoxy) is 3. The molecule has 0 aliphatic rings. The lowest BCUT2D eigenvalue weighted by Crippen LogP contribution is -2.54. The highest BCUT2D eigenvalue weighted by Gasteiger charge is 2.43. The number of nitrogens with zero attached hydrogens (tertiary/aromatic N) is 3. The number of carbonyl (C=O) groups excluding carboxylic acids is 2. The van der Waals surface area contributed by atoms with Crippen LogP contribution >= 0.6 is 7.44 Å². The Labute approximate surface area is 263 Å². The van der Waals surface area contributed by atoms with Gasteiger partial charge >= 0.3 is 11.9 Å². The molecule has 0 saturated carbocycles. The van der Waals surface area contributed by atoms with Crippen LogP contribution in [0.5, 0.6) is 0 Å². The third-order valence-electron chi connectivity index (χ3n) is 6.90. The number of carbonyl (C=O) groups is 2. The summed E-state index contributed by atoms with van der Waals surface area (Å²) in [5, 5.41) is 5.86. The number of esters is 2. The molecule has 4 N–H and O–H groups in total. The van der Waals surface area contributed by atoms with Gasteiger partial charge in [0.1, 0.15) is 36.2 Å². The first-order chi connectivity index (χ1) is 21.3. The van der Waals surface area contributed by atoms with Crippen molar-refractivity contribution in [2.75, 3.05) is 12.1 Å². The standard InChI is InChI=1S/C32H41N6O6P/c1-23(18-38-21-35-27-26(33)16-17-34-28(27)38)44-22-45(41,36-31(2,3)29(39)42-19-24-12-8-6-9-13-24)37-32(4,5)30(40)43-20-25-14-10-7-11-15-25/h6-17,21,23H,18-20,22H2,1-5H3,(H2,33,34)(H2,36,37,41)/t23-/m1/s1. The Bertz CT molecular complexity index is 1570. The highest BCUT2D eigenvalue weighted by atomic mass is 31.2. The van der Waals surface area contributed by atoms with Gasteiger partial charge in [0, 0.05) is 6.20 Å². The van der Waals surface area contributed by atoms with Crippen molar-refractivity contribution < 1.29 is 28.4 Å². The molecule has 0 unspecified atom stereocenters. The van der Waals surface area contributed by atoms with Gasteiger partial charge in [-0.25, -0.2) is 20.1 Å². The first-order valence-electron chi connectivity index (χ1n) is 14.6. The molecule has 1 atom stereocenters. The van der Waals surface area contributed by atoms with Gasteiger partial charge in [0.05, 0.1) is 24.7 Å². The van der Waals surface area contributed by atoms with Crippen LogP contribution in [-0.2, 0) is 48.1 Å². The number of hydrogen-bond donors (Lipinski definition) is 3. The van der Waals surface area contributed by atoms with Crippen LogP contribution in [0.3, 0.4) is 0 Å². The average molecular weight is 637 g/mol. The zero-order valence-corrected chi connectivity index (χ0v) is 27.1. The number of nitrogens with two attached hydrogens (primary N) is 1. The molecule has 2 aromatic carbocycles. The molecule has 0 radical (unpaired) electrons. The Hall–Kier alpha value is -4.09. The third-order valence-corrected chi connectivity index (χ3v) is 9.25.